The molecule has 3 aromatic rings. The molecule has 0 unspecified atom stereocenters. The van der Waals surface area contributed by atoms with Crippen LogP contribution in [0.5, 0.6) is 5.88 Å². The second-order valence-electron chi connectivity index (χ2n) is 7.34. The molecule has 0 radical (unpaired) electrons. The van der Waals surface area contributed by atoms with Gasteiger partial charge in [0.2, 0.25) is 5.88 Å². The van der Waals surface area contributed by atoms with E-state index in [0.717, 1.165) is 53.9 Å². The Kier molecular flexibility index (Phi) is 6.45. The van der Waals surface area contributed by atoms with Crippen molar-refractivity contribution in [1.29, 1.82) is 0 Å². The number of anilines is 1. The molecule has 0 bridgehead atoms. The number of nitrogens with one attached hydrogen (secondary N) is 1. The van der Waals surface area contributed by atoms with Crippen molar-refractivity contribution in [1.82, 2.24) is 20.3 Å². The van der Waals surface area contributed by atoms with Crippen molar-refractivity contribution in [3.05, 3.63) is 42.7 Å². The number of alkyl carbamates (subject to hydrolysis) is 1. The summed E-state index contributed by atoms with van der Waals surface area (Å²) in [4.78, 5) is 27.7. The van der Waals surface area contributed by atoms with Crippen LogP contribution in [0.25, 0.3) is 22.2 Å². The highest BCUT2D eigenvalue weighted by molar-refractivity contribution is 5.92. The van der Waals surface area contributed by atoms with E-state index in [2.05, 4.69) is 25.2 Å². The molecule has 1 fully saturated rings. The SMILES string of the molecule is CCOC(=O)NC1CCN(c2ccc(-c3nc(OCC)cc4ncccc34)cn2)CC1. The molecule has 0 atom stereocenters. The first kappa shape index (κ1) is 20.8. The number of nitrogens with zero attached hydrogens (tertiary/aromatic N) is 4. The summed E-state index contributed by atoms with van der Waals surface area (Å²) in [5.41, 5.74) is 2.57. The third-order valence-corrected chi connectivity index (χ3v) is 5.31. The van der Waals surface area contributed by atoms with Crippen LogP contribution >= 0.6 is 0 Å². The molecule has 1 amide bonds. The van der Waals surface area contributed by atoms with E-state index in [4.69, 9.17) is 9.47 Å². The predicted octanol–water partition coefficient (Wildman–Crippen LogP) is 3.81. The van der Waals surface area contributed by atoms with E-state index in [1.54, 1.807) is 13.1 Å². The van der Waals surface area contributed by atoms with Crippen LogP contribution in [-0.4, -0.2) is 53.4 Å². The molecular weight excluding hydrogens is 394 g/mol. The highest BCUT2D eigenvalue weighted by Crippen LogP contribution is 2.29. The van der Waals surface area contributed by atoms with Crippen LogP contribution in [0.4, 0.5) is 10.6 Å². The van der Waals surface area contributed by atoms with E-state index in [9.17, 15) is 4.79 Å². The maximum absolute atomic E-state index is 11.6. The van der Waals surface area contributed by atoms with Crippen molar-refractivity contribution in [3.63, 3.8) is 0 Å². The van der Waals surface area contributed by atoms with Gasteiger partial charge in [0.15, 0.2) is 0 Å². The third kappa shape index (κ3) is 4.84. The molecule has 4 heterocycles. The summed E-state index contributed by atoms with van der Waals surface area (Å²) in [5, 5.41) is 3.88. The van der Waals surface area contributed by atoms with E-state index < -0.39 is 0 Å². The van der Waals surface area contributed by atoms with E-state index in [-0.39, 0.29) is 12.1 Å². The number of carbonyl (C=O) groups excluding carboxylic acids is 1. The van der Waals surface area contributed by atoms with Gasteiger partial charge in [-0.2, -0.15) is 0 Å². The van der Waals surface area contributed by atoms with Crippen LogP contribution in [0.3, 0.4) is 0 Å². The van der Waals surface area contributed by atoms with Gasteiger partial charge in [-0.25, -0.2) is 14.8 Å². The second kappa shape index (κ2) is 9.59. The number of amides is 1. The van der Waals surface area contributed by atoms with Crippen LogP contribution in [0.15, 0.2) is 42.7 Å². The minimum absolute atomic E-state index is 0.138. The minimum Gasteiger partial charge on any atom is -0.478 e. The van der Waals surface area contributed by atoms with Crippen molar-refractivity contribution in [2.75, 3.05) is 31.2 Å². The summed E-state index contributed by atoms with van der Waals surface area (Å²) in [6.45, 7) is 6.32. The molecule has 8 nitrogen and oxygen atoms in total. The van der Waals surface area contributed by atoms with E-state index in [1.807, 2.05) is 43.5 Å². The smallest absolute Gasteiger partial charge is 0.407 e. The van der Waals surface area contributed by atoms with Gasteiger partial charge in [0.05, 0.1) is 24.4 Å². The zero-order valence-corrected chi connectivity index (χ0v) is 17.9. The number of piperidine rings is 1. The van der Waals surface area contributed by atoms with Gasteiger partial charge in [-0.1, -0.05) is 0 Å². The molecule has 0 saturated carbocycles. The first-order valence-corrected chi connectivity index (χ1v) is 10.7. The van der Waals surface area contributed by atoms with Crippen molar-refractivity contribution >= 4 is 22.8 Å². The van der Waals surface area contributed by atoms with Gasteiger partial charge in [0.25, 0.3) is 0 Å². The zero-order valence-electron chi connectivity index (χ0n) is 17.9. The van der Waals surface area contributed by atoms with Gasteiger partial charge in [0.1, 0.15) is 5.82 Å². The first-order chi connectivity index (χ1) is 15.2. The van der Waals surface area contributed by atoms with Gasteiger partial charge < -0.3 is 19.7 Å². The number of fused-ring (bicyclic) bond motifs is 1. The molecule has 8 heteroatoms. The van der Waals surface area contributed by atoms with E-state index in [1.165, 1.54) is 0 Å². The molecule has 0 aliphatic carbocycles. The van der Waals surface area contributed by atoms with Crippen molar-refractivity contribution in [3.8, 4) is 17.1 Å². The molecular formula is C23H27N5O3. The van der Waals surface area contributed by atoms with Crippen LogP contribution < -0.4 is 15.0 Å². The first-order valence-electron chi connectivity index (χ1n) is 10.7. The average molecular weight is 422 g/mol. The Hall–Kier alpha value is -3.42. The molecule has 31 heavy (non-hydrogen) atoms. The summed E-state index contributed by atoms with van der Waals surface area (Å²) in [7, 11) is 0. The number of ether oxygens (including phenoxy) is 2. The highest BCUT2D eigenvalue weighted by Gasteiger charge is 2.22. The molecule has 4 rings (SSSR count). The summed E-state index contributed by atoms with van der Waals surface area (Å²) < 4.78 is 10.6. The molecule has 1 saturated heterocycles. The van der Waals surface area contributed by atoms with Crippen LogP contribution in [-0.2, 0) is 4.74 Å². The molecule has 1 aliphatic rings. The number of aromatic nitrogens is 3. The Morgan fingerprint density at radius 1 is 1.16 bits per heavy atom. The molecule has 1 N–H and O–H groups in total. The maximum Gasteiger partial charge on any atom is 0.407 e. The lowest BCUT2D eigenvalue weighted by atomic mass is 10.0. The second-order valence-corrected chi connectivity index (χ2v) is 7.34. The Morgan fingerprint density at radius 2 is 2.00 bits per heavy atom. The fourth-order valence-corrected chi connectivity index (χ4v) is 3.80. The number of carbonyl (C=O) groups is 1. The summed E-state index contributed by atoms with van der Waals surface area (Å²) >= 11 is 0. The Morgan fingerprint density at radius 3 is 2.71 bits per heavy atom. The van der Waals surface area contributed by atoms with Crippen molar-refractivity contribution < 1.29 is 14.3 Å². The van der Waals surface area contributed by atoms with Gasteiger partial charge in [-0.15, -0.1) is 0 Å². The lowest BCUT2D eigenvalue weighted by Gasteiger charge is -2.33. The topological polar surface area (TPSA) is 89.5 Å². The van der Waals surface area contributed by atoms with E-state index >= 15 is 0 Å². The van der Waals surface area contributed by atoms with Gasteiger partial charge >= 0.3 is 6.09 Å². The number of hydrogen-bond acceptors (Lipinski definition) is 7. The third-order valence-electron chi connectivity index (χ3n) is 5.31. The Balaban J connectivity index is 1.49. The quantitative estimate of drug-likeness (QED) is 0.647. The average Bonchev–Trinajstić information content (AvgIpc) is 2.80. The van der Waals surface area contributed by atoms with Gasteiger partial charge in [0, 0.05) is 48.5 Å². The minimum atomic E-state index is -0.341. The molecule has 162 valence electrons. The monoisotopic (exact) mass is 421 g/mol. The lowest BCUT2D eigenvalue weighted by Crippen LogP contribution is -2.45. The Bertz CT molecular complexity index is 1030. The zero-order chi connectivity index (χ0) is 21.6. The summed E-state index contributed by atoms with van der Waals surface area (Å²) in [6.07, 6.45) is 4.99. The fourth-order valence-electron chi connectivity index (χ4n) is 3.80. The summed E-state index contributed by atoms with van der Waals surface area (Å²) in [6, 6.07) is 9.97. The molecule has 0 aromatic carbocycles. The number of pyridine rings is 3. The highest BCUT2D eigenvalue weighted by atomic mass is 16.5. The fraction of sp³-hybridized carbons (Fsp3) is 0.391. The Labute approximate surface area is 181 Å². The van der Waals surface area contributed by atoms with Crippen LogP contribution in [0.1, 0.15) is 26.7 Å². The van der Waals surface area contributed by atoms with Crippen LogP contribution in [0.2, 0.25) is 0 Å². The maximum atomic E-state index is 11.6. The summed E-state index contributed by atoms with van der Waals surface area (Å²) in [5.74, 6) is 1.48. The number of rotatable bonds is 6. The van der Waals surface area contributed by atoms with Gasteiger partial charge in [-0.3, -0.25) is 4.98 Å². The molecule has 1 aliphatic heterocycles. The number of hydrogen-bond donors (Lipinski definition) is 1. The normalized spacial score (nSPS) is 14.5. The predicted molar refractivity (Wildman–Crippen MR) is 119 cm³/mol. The van der Waals surface area contributed by atoms with Crippen molar-refractivity contribution in [2.45, 2.75) is 32.7 Å². The standard InChI is InChI=1S/C23H27N5O3/c1-3-30-21-14-19-18(6-5-11-24-19)22(27-21)16-7-8-20(25-15-16)28-12-9-17(10-13-28)26-23(29)31-4-2/h5-8,11,14-15,17H,3-4,9-10,12-13H2,1-2H3,(H,26,29). The van der Waals surface area contributed by atoms with Gasteiger partial charge in [-0.05, 0) is 51.0 Å². The molecule has 0 spiro atoms. The molecule has 3 aromatic heterocycles. The van der Waals surface area contributed by atoms with Crippen LogP contribution in [0, 0.1) is 0 Å². The van der Waals surface area contributed by atoms with Crippen molar-refractivity contribution in [2.24, 2.45) is 0 Å². The van der Waals surface area contributed by atoms with E-state index in [0.29, 0.717) is 19.1 Å². The largest absolute Gasteiger partial charge is 0.478 e. The lowest BCUT2D eigenvalue weighted by molar-refractivity contribution is 0.146.